The highest BCUT2D eigenvalue weighted by molar-refractivity contribution is 7.99. The summed E-state index contributed by atoms with van der Waals surface area (Å²) in [6, 6.07) is 0. The molecule has 0 fully saturated rings. The van der Waals surface area contributed by atoms with E-state index in [-0.39, 0.29) is 5.92 Å². The number of thioether (sulfide) groups is 1. The molecule has 0 rings (SSSR count). The van der Waals surface area contributed by atoms with Gasteiger partial charge in [0.1, 0.15) is 0 Å². The Balaban J connectivity index is 3.58. The van der Waals surface area contributed by atoms with Gasteiger partial charge in [0.05, 0.1) is 5.92 Å². The van der Waals surface area contributed by atoms with Gasteiger partial charge in [0, 0.05) is 11.0 Å². The third-order valence-electron chi connectivity index (χ3n) is 1.91. The molecule has 0 heterocycles. The fourth-order valence-corrected chi connectivity index (χ4v) is 2.05. The number of hydrogen-bond donors (Lipinski definition) is 1. The molecule has 2 nitrogen and oxygen atoms in total. The van der Waals surface area contributed by atoms with E-state index >= 15 is 0 Å². The molecule has 1 unspecified atom stereocenters. The smallest absolute Gasteiger partial charge is 0.307 e. The van der Waals surface area contributed by atoms with Crippen LogP contribution in [0.5, 0.6) is 0 Å². The fraction of sp³-hybridized carbons (Fsp3) is 0.889. The summed E-state index contributed by atoms with van der Waals surface area (Å²) in [7, 11) is 0. The molecule has 3 heteroatoms. The van der Waals surface area contributed by atoms with Crippen molar-refractivity contribution in [1.29, 1.82) is 0 Å². The van der Waals surface area contributed by atoms with Crippen molar-refractivity contribution < 1.29 is 9.90 Å². The van der Waals surface area contributed by atoms with E-state index < -0.39 is 5.97 Å². The highest BCUT2D eigenvalue weighted by Crippen LogP contribution is 2.20. The second kappa shape index (κ2) is 6.35. The Labute approximate surface area is 78.7 Å². The quantitative estimate of drug-likeness (QED) is 0.699. The van der Waals surface area contributed by atoms with Crippen LogP contribution >= 0.6 is 11.8 Å². The van der Waals surface area contributed by atoms with E-state index in [1.807, 2.05) is 0 Å². The molecule has 0 saturated carbocycles. The van der Waals surface area contributed by atoms with Gasteiger partial charge in [-0.3, -0.25) is 4.79 Å². The van der Waals surface area contributed by atoms with Crippen molar-refractivity contribution in [2.24, 2.45) is 5.92 Å². The number of carboxylic acids is 1. The van der Waals surface area contributed by atoms with Crippen LogP contribution in [0.3, 0.4) is 0 Å². The van der Waals surface area contributed by atoms with Crippen molar-refractivity contribution in [2.45, 2.75) is 38.9 Å². The lowest BCUT2D eigenvalue weighted by atomic mass is 10.2. The average Bonchev–Trinajstić information content (AvgIpc) is 2.05. The van der Waals surface area contributed by atoms with Crippen LogP contribution in [-0.2, 0) is 4.79 Å². The molecule has 0 aromatic rings. The minimum absolute atomic E-state index is 0.212. The number of aliphatic carboxylic acids is 1. The largest absolute Gasteiger partial charge is 0.481 e. The number of carboxylic acid groups (broad SMARTS) is 1. The van der Waals surface area contributed by atoms with Crippen LogP contribution < -0.4 is 0 Å². The molecule has 1 atom stereocenters. The maximum Gasteiger partial charge on any atom is 0.307 e. The fourth-order valence-electron chi connectivity index (χ4n) is 0.876. The summed E-state index contributed by atoms with van der Waals surface area (Å²) < 4.78 is 0. The van der Waals surface area contributed by atoms with Gasteiger partial charge in [-0.15, -0.1) is 0 Å². The molecule has 0 bridgehead atoms. The van der Waals surface area contributed by atoms with Crippen LogP contribution in [0.2, 0.25) is 0 Å². The SMILES string of the molecule is CCC(CC)SCC(C)C(=O)O. The first-order valence-corrected chi connectivity index (χ1v) is 5.51. The first-order chi connectivity index (χ1) is 5.61. The van der Waals surface area contributed by atoms with Gasteiger partial charge in [-0.25, -0.2) is 0 Å². The second-order valence-corrected chi connectivity index (χ2v) is 4.34. The van der Waals surface area contributed by atoms with E-state index in [9.17, 15) is 4.79 Å². The summed E-state index contributed by atoms with van der Waals surface area (Å²) in [6.07, 6.45) is 2.26. The summed E-state index contributed by atoms with van der Waals surface area (Å²) in [5.41, 5.74) is 0. The van der Waals surface area contributed by atoms with Crippen molar-refractivity contribution in [1.82, 2.24) is 0 Å². The molecule has 0 aliphatic rings. The molecule has 72 valence electrons. The monoisotopic (exact) mass is 190 g/mol. The van der Waals surface area contributed by atoms with E-state index in [0.29, 0.717) is 5.25 Å². The van der Waals surface area contributed by atoms with Gasteiger partial charge in [-0.2, -0.15) is 11.8 Å². The topological polar surface area (TPSA) is 37.3 Å². The second-order valence-electron chi connectivity index (χ2n) is 3.01. The van der Waals surface area contributed by atoms with Gasteiger partial charge < -0.3 is 5.11 Å². The molecule has 0 saturated heterocycles. The normalized spacial score (nSPS) is 13.3. The Morgan fingerprint density at radius 3 is 2.25 bits per heavy atom. The molecule has 12 heavy (non-hydrogen) atoms. The van der Waals surface area contributed by atoms with E-state index in [0.717, 1.165) is 18.6 Å². The zero-order valence-electron chi connectivity index (χ0n) is 8.04. The predicted molar refractivity (Wildman–Crippen MR) is 53.6 cm³/mol. The Bertz CT molecular complexity index is 132. The van der Waals surface area contributed by atoms with Crippen LogP contribution in [0.25, 0.3) is 0 Å². The standard InChI is InChI=1S/C9H18O2S/c1-4-8(5-2)12-6-7(3)9(10)11/h7-8H,4-6H2,1-3H3,(H,10,11). The van der Waals surface area contributed by atoms with Crippen LogP contribution in [0.1, 0.15) is 33.6 Å². The molecule has 0 amide bonds. The predicted octanol–water partition coefficient (Wildman–Crippen LogP) is 2.63. The third kappa shape index (κ3) is 4.65. The molecular weight excluding hydrogens is 172 g/mol. The Kier molecular flexibility index (Phi) is 6.25. The lowest BCUT2D eigenvalue weighted by Crippen LogP contribution is -2.14. The van der Waals surface area contributed by atoms with Crippen molar-refractivity contribution in [2.75, 3.05) is 5.75 Å². The van der Waals surface area contributed by atoms with E-state index in [4.69, 9.17) is 5.11 Å². The highest BCUT2D eigenvalue weighted by atomic mass is 32.2. The van der Waals surface area contributed by atoms with E-state index in [1.54, 1.807) is 18.7 Å². The van der Waals surface area contributed by atoms with Crippen LogP contribution in [0, 0.1) is 5.92 Å². The molecule has 1 N–H and O–H groups in total. The van der Waals surface area contributed by atoms with Gasteiger partial charge in [0.2, 0.25) is 0 Å². The van der Waals surface area contributed by atoms with Gasteiger partial charge in [0.15, 0.2) is 0 Å². The molecule has 0 aromatic heterocycles. The van der Waals surface area contributed by atoms with E-state index in [2.05, 4.69) is 13.8 Å². The Hall–Kier alpha value is -0.180. The van der Waals surface area contributed by atoms with Crippen molar-refractivity contribution in [3.8, 4) is 0 Å². The van der Waals surface area contributed by atoms with Crippen molar-refractivity contribution in [3.63, 3.8) is 0 Å². The molecule has 0 radical (unpaired) electrons. The van der Waals surface area contributed by atoms with Gasteiger partial charge >= 0.3 is 5.97 Å². The lowest BCUT2D eigenvalue weighted by Gasteiger charge is -2.13. The molecule has 0 aromatic carbocycles. The van der Waals surface area contributed by atoms with Crippen LogP contribution in [0.4, 0.5) is 0 Å². The Morgan fingerprint density at radius 2 is 1.92 bits per heavy atom. The zero-order chi connectivity index (χ0) is 9.56. The van der Waals surface area contributed by atoms with E-state index in [1.165, 1.54) is 0 Å². The summed E-state index contributed by atoms with van der Waals surface area (Å²) in [6.45, 7) is 6.05. The van der Waals surface area contributed by atoms with Crippen LogP contribution in [0.15, 0.2) is 0 Å². The number of carbonyl (C=O) groups is 1. The highest BCUT2D eigenvalue weighted by Gasteiger charge is 2.13. The van der Waals surface area contributed by atoms with Gasteiger partial charge in [-0.05, 0) is 12.8 Å². The molecule has 0 aliphatic carbocycles. The number of rotatable bonds is 6. The summed E-state index contributed by atoms with van der Waals surface area (Å²) in [5.74, 6) is -0.161. The Morgan fingerprint density at radius 1 is 1.42 bits per heavy atom. The van der Waals surface area contributed by atoms with Gasteiger partial charge in [0.25, 0.3) is 0 Å². The van der Waals surface area contributed by atoms with Gasteiger partial charge in [-0.1, -0.05) is 20.8 Å². The minimum Gasteiger partial charge on any atom is -0.481 e. The molecular formula is C9H18O2S. The lowest BCUT2D eigenvalue weighted by molar-refractivity contribution is -0.140. The molecule has 0 spiro atoms. The zero-order valence-corrected chi connectivity index (χ0v) is 8.86. The number of hydrogen-bond acceptors (Lipinski definition) is 2. The average molecular weight is 190 g/mol. The van der Waals surface area contributed by atoms with Crippen molar-refractivity contribution >= 4 is 17.7 Å². The summed E-state index contributed by atoms with van der Waals surface area (Å²) >= 11 is 1.78. The first-order valence-electron chi connectivity index (χ1n) is 4.46. The minimum atomic E-state index is -0.687. The molecule has 0 aliphatic heterocycles. The summed E-state index contributed by atoms with van der Waals surface area (Å²) in [5, 5.41) is 9.26. The summed E-state index contributed by atoms with van der Waals surface area (Å²) in [4.78, 5) is 10.5. The van der Waals surface area contributed by atoms with Crippen LogP contribution in [-0.4, -0.2) is 22.1 Å². The van der Waals surface area contributed by atoms with Crippen molar-refractivity contribution in [3.05, 3.63) is 0 Å². The maximum absolute atomic E-state index is 10.5. The third-order valence-corrected chi connectivity index (χ3v) is 3.74. The maximum atomic E-state index is 10.5. The first kappa shape index (κ1) is 11.8.